The van der Waals surface area contributed by atoms with Crippen LogP contribution in [-0.4, -0.2) is 76.1 Å². The second kappa shape index (κ2) is 26.6. The maximum Gasteiger partial charge on any atom is 2.00 e. The molecule has 0 unspecified atom stereocenters. The van der Waals surface area contributed by atoms with Gasteiger partial charge in [-0.25, -0.2) is 9.97 Å². The molecule has 9 rings (SSSR count). The van der Waals surface area contributed by atoms with Crippen LogP contribution in [0.5, 0.6) is 0 Å². The molecule has 5 aromatic rings. The summed E-state index contributed by atoms with van der Waals surface area (Å²) >= 11 is 0. The fourth-order valence-electron chi connectivity index (χ4n) is 11.2. The molecule has 19 heteroatoms. The minimum Gasteiger partial charge on any atom is -0.657 e. The molecule has 4 aliphatic rings. The molecule has 86 heavy (non-hydrogen) atoms. The molecule has 0 fully saturated rings. The van der Waals surface area contributed by atoms with E-state index in [-0.39, 0.29) is 67.4 Å². The first-order chi connectivity index (χ1) is 40.4. The van der Waals surface area contributed by atoms with E-state index in [9.17, 15) is 49.2 Å². The molecule has 2 amide bonds. The van der Waals surface area contributed by atoms with E-state index in [2.05, 4.69) is 46.9 Å². The van der Waals surface area contributed by atoms with Gasteiger partial charge in [-0.1, -0.05) is 91.6 Å². The average molecular weight is 1200 g/mol. The van der Waals surface area contributed by atoms with E-state index in [4.69, 9.17) is 19.9 Å². The Morgan fingerprint density at radius 3 is 1.47 bits per heavy atom. The van der Waals surface area contributed by atoms with E-state index in [0.717, 1.165) is 112 Å². The molecule has 5 aromatic heterocycles. The fourth-order valence-corrected chi connectivity index (χ4v) is 11.2. The van der Waals surface area contributed by atoms with Gasteiger partial charge in [-0.15, -0.1) is 22.1 Å². The number of carboxylic acids is 4. The van der Waals surface area contributed by atoms with E-state index in [0.29, 0.717) is 75.3 Å². The second-order valence-corrected chi connectivity index (χ2v) is 21.3. The monoisotopic (exact) mass is 1200 g/mol. The number of carbonyl (C=O) groups excluding carboxylic acids is 2. The number of aliphatic carboxylic acids is 4. The quantitative estimate of drug-likeness (QED) is 0.0336. The Kier molecular flexibility index (Phi) is 19.8. The molecule has 0 saturated heterocycles. The number of aromatic nitrogens is 6. The number of aryl methyl sites for hydroxylation is 3. The van der Waals surface area contributed by atoms with Crippen LogP contribution in [0.1, 0.15) is 150 Å². The van der Waals surface area contributed by atoms with Gasteiger partial charge >= 0.3 is 40.9 Å². The van der Waals surface area contributed by atoms with Gasteiger partial charge in [-0.2, -0.15) is 0 Å². The van der Waals surface area contributed by atoms with Crippen molar-refractivity contribution in [1.82, 2.24) is 40.5 Å². The third-order valence-corrected chi connectivity index (χ3v) is 16.2. The van der Waals surface area contributed by atoms with E-state index in [1.54, 1.807) is 25.2 Å². The molecule has 0 aliphatic carbocycles. The van der Waals surface area contributed by atoms with Crippen molar-refractivity contribution in [2.24, 2.45) is 0 Å². The molecule has 4 aliphatic heterocycles. The van der Waals surface area contributed by atoms with Crippen LogP contribution in [-0.2, 0) is 71.5 Å². The number of allylic oxidation sites excluding steroid dienone is 7. The Balaban J connectivity index is 0.000000243. The SMILES string of the molecule is C=CC1=C(C)/C(=C/c2[nH]c(Cc3[nH]c(/C=C4\NC(=O)C(C)=C4C=C)c(C)c3CCC(=O)O)c(CCC(=O)O)c2C)NC1=O.C=CC1=C(C)c2cc3[n-]c(cc4nc(cc5[n-]c(cc1n2)c(C)c5C=C)C(C)=C4CCC(=O)O)c(CCC(=O)O)c3C.[Fe+2]. The minimum absolute atomic E-state index is 0. The molecule has 0 spiro atoms. The summed E-state index contributed by atoms with van der Waals surface area (Å²) < 4.78 is 0. The first-order valence-corrected chi connectivity index (χ1v) is 27.7. The third kappa shape index (κ3) is 13.2. The van der Waals surface area contributed by atoms with Gasteiger partial charge in [0, 0.05) is 82.9 Å². The van der Waals surface area contributed by atoms with Crippen molar-refractivity contribution in [3.8, 4) is 0 Å². The summed E-state index contributed by atoms with van der Waals surface area (Å²) in [7, 11) is 0. The maximum atomic E-state index is 12.3. The summed E-state index contributed by atoms with van der Waals surface area (Å²) in [6, 6.07) is 7.62. The topological polar surface area (TPSA) is 293 Å². The summed E-state index contributed by atoms with van der Waals surface area (Å²) in [5.74, 6) is -4.07. The summed E-state index contributed by atoms with van der Waals surface area (Å²) in [4.78, 5) is 97.3. The summed E-state index contributed by atoms with van der Waals surface area (Å²) in [6.45, 7) is 30.8. The molecule has 0 atom stereocenters. The Labute approximate surface area is 508 Å². The van der Waals surface area contributed by atoms with Gasteiger partial charge in [0.2, 0.25) is 0 Å². The van der Waals surface area contributed by atoms with Crippen molar-refractivity contribution in [2.45, 2.75) is 113 Å². The smallest absolute Gasteiger partial charge is 0.657 e. The Hall–Kier alpha value is -9.58. The Morgan fingerprint density at radius 1 is 0.477 bits per heavy atom. The van der Waals surface area contributed by atoms with Crippen LogP contribution in [0.25, 0.3) is 62.6 Å². The van der Waals surface area contributed by atoms with Crippen molar-refractivity contribution in [3.63, 3.8) is 0 Å². The standard InChI is InChI=1S/C34H34N4O4.C33H36N4O6.Fe/c1-7-21-17(3)25-13-26-19(5)23(9-11-33(39)40)31(37-26)16-32-24(10-12-34(41)42)20(6)28(38-32)15-30-22(8-2)18(4)27(36-30)14-29(21)35-25;1-7-20-19(6)32(42)37-27(20)14-25-18(5)23(10-12-31(40)41)29(35-25)15-28-22(9-11-30(38)39)17(4)24(34-28)13-26-16(3)21(8-2)33(43)36-26;/h7-8,13-16H,1-2,9-12H2,3-6H3,(H4,35,36,37,38,39,40,41,42);7-8,13-14,34-35H,1-2,9-12,15H2,3-6H3,(H,36,43)(H,37,42)(H,38,39)(H,40,41);/q;;+2/p-2/b;26-13-,27-14-;. The normalized spacial score (nSPS) is 14.8. The summed E-state index contributed by atoms with van der Waals surface area (Å²) in [6.07, 6.45) is 11.6. The maximum absolute atomic E-state index is 12.3. The number of hydrogen-bond acceptors (Lipinski definition) is 8. The van der Waals surface area contributed by atoms with Crippen LogP contribution >= 0.6 is 0 Å². The predicted octanol–water partition coefficient (Wildman–Crippen LogP) is 11.3. The molecule has 8 bridgehead atoms. The van der Waals surface area contributed by atoms with Gasteiger partial charge in [0.25, 0.3) is 11.8 Å². The first kappa shape index (κ1) is 64.0. The number of nitrogens with zero attached hydrogens (tertiary/aromatic N) is 4. The van der Waals surface area contributed by atoms with E-state index < -0.39 is 23.9 Å². The largest absolute Gasteiger partial charge is 2.00 e. The van der Waals surface area contributed by atoms with Gasteiger partial charge < -0.3 is 51.0 Å². The molecular formula is C67H68FeN8O10. The van der Waals surface area contributed by atoms with Gasteiger partial charge in [-0.05, 0) is 143 Å². The number of nitrogens with one attached hydrogen (secondary N) is 4. The number of H-pyrrole nitrogens is 2. The van der Waals surface area contributed by atoms with Crippen LogP contribution in [0.2, 0.25) is 0 Å². The fraction of sp³-hybridized carbons (Fsp3) is 0.254. The van der Waals surface area contributed by atoms with Crippen molar-refractivity contribution in [2.75, 3.05) is 0 Å². The molecule has 0 saturated carbocycles. The second-order valence-electron chi connectivity index (χ2n) is 21.3. The van der Waals surface area contributed by atoms with Gasteiger partial charge in [0.05, 0.1) is 28.5 Å². The van der Waals surface area contributed by atoms with Crippen LogP contribution in [0.4, 0.5) is 0 Å². The predicted molar refractivity (Wildman–Crippen MR) is 330 cm³/mol. The molecule has 444 valence electrons. The third-order valence-electron chi connectivity index (χ3n) is 16.2. The van der Waals surface area contributed by atoms with Crippen LogP contribution in [0.15, 0.2) is 102 Å². The molecule has 8 N–H and O–H groups in total. The van der Waals surface area contributed by atoms with Gasteiger partial charge in [0.1, 0.15) is 0 Å². The molecule has 0 radical (unpaired) electrons. The molecular weight excluding hydrogens is 1130 g/mol. The van der Waals surface area contributed by atoms with E-state index in [1.807, 2.05) is 84.9 Å². The van der Waals surface area contributed by atoms with Crippen molar-refractivity contribution in [3.05, 3.63) is 193 Å². The first-order valence-electron chi connectivity index (χ1n) is 27.7. The Morgan fingerprint density at radius 2 is 0.930 bits per heavy atom. The number of fused-ring (bicyclic) bond motifs is 8. The minimum atomic E-state index is -0.922. The van der Waals surface area contributed by atoms with Crippen molar-refractivity contribution < 1.29 is 66.3 Å². The van der Waals surface area contributed by atoms with Gasteiger partial charge in [0.15, 0.2) is 0 Å². The molecule has 18 nitrogen and oxygen atoms in total. The summed E-state index contributed by atoms with van der Waals surface area (Å²) in [5, 5.41) is 43.5. The zero-order valence-corrected chi connectivity index (χ0v) is 50.5. The number of carboxylic acid groups (broad SMARTS) is 4. The van der Waals surface area contributed by atoms with E-state index in [1.165, 1.54) is 6.08 Å². The van der Waals surface area contributed by atoms with Crippen LogP contribution < -0.4 is 20.6 Å². The van der Waals surface area contributed by atoms with Gasteiger partial charge in [-0.3, -0.25) is 28.8 Å². The zero-order valence-electron chi connectivity index (χ0n) is 49.3. The zero-order chi connectivity index (χ0) is 61.9. The van der Waals surface area contributed by atoms with E-state index >= 15 is 0 Å². The molecule has 0 aromatic carbocycles. The molecule has 9 heterocycles. The van der Waals surface area contributed by atoms with Crippen LogP contribution in [0.3, 0.4) is 0 Å². The van der Waals surface area contributed by atoms with Crippen LogP contribution in [0, 0.1) is 27.7 Å². The number of aromatic amines is 2. The Bertz CT molecular complexity index is 4160. The van der Waals surface area contributed by atoms with Crippen molar-refractivity contribution in [1.29, 1.82) is 0 Å². The number of carbonyl (C=O) groups is 6. The number of amides is 2. The number of rotatable bonds is 20. The summed E-state index contributed by atoms with van der Waals surface area (Å²) in [5.41, 5.74) is 22.8. The average Bonchev–Trinajstić information content (AvgIpc) is 2.64. The number of hydrogen-bond donors (Lipinski definition) is 8. The van der Waals surface area contributed by atoms with Crippen molar-refractivity contribution >= 4 is 98.3 Å².